The first-order valence-corrected chi connectivity index (χ1v) is 6.91. The molecule has 1 heterocycles. The van der Waals surface area contributed by atoms with E-state index in [2.05, 4.69) is 24.3 Å². The number of carbonyl (C=O) groups excluding carboxylic acids is 1. The van der Waals surface area contributed by atoms with E-state index in [1.54, 1.807) is 0 Å². The van der Waals surface area contributed by atoms with Gasteiger partial charge in [0.05, 0.1) is 23.1 Å². The van der Waals surface area contributed by atoms with Crippen LogP contribution in [0.25, 0.3) is 0 Å². The van der Waals surface area contributed by atoms with E-state index in [0.29, 0.717) is 0 Å². The van der Waals surface area contributed by atoms with Gasteiger partial charge in [-0.2, -0.15) is 5.10 Å². The van der Waals surface area contributed by atoms with Gasteiger partial charge in [-0.15, -0.1) is 0 Å². The van der Waals surface area contributed by atoms with Crippen LogP contribution in [0.3, 0.4) is 0 Å². The minimum Gasteiger partial charge on any atom is -0.322 e. The van der Waals surface area contributed by atoms with Crippen LogP contribution in [0.15, 0.2) is 0 Å². The number of anilines is 1. The van der Waals surface area contributed by atoms with Crippen LogP contribution in [-0.2, 0) is 4.79 Å². The van der Waals surface area contributed by atoms with E-state index in [9.17, 15) is 4.79 Å². The maximum atomic E-state index is 12.1. The fourth-order valence-electron chi connectivity index (χ4n) is 2.07. The minimum absolute atomic E-state index is 0.135. The quantitative estimate of drug-likeness (QED) is 0.859. The van der Waals surface area contributed by atoms with Gasteiger partial charge in [0.1, 0.15) is 0 Å². The summed E-state index contributed by atoms with van der Waals surface area (Å²) in [6.45, 7) is 12.0. The lowest BCUT2D eigenvalue weighted by Gasteiger charge is -2.18. The maximum Gasteiger partial charge on any atom is 0.241 e. The number of nitrogens with zero attached hydrogens (tertiary/aromatic N) is 2. The molecular weight excluding hydrogens is 240 g/mol. The molecule has 0 aliphatic rings. The lowest BCUT2D eigenvalue weighted by molar-refractivity contribution is -0.118. The molecule has 5 heteroatoms. The van der Waals surface area contributed by atoms with Gasteiger partial charge in [0, 0.05) is 6.04 Å². The molecule has 0 aromatic carbocycles. The fraction of sp³-hybridized carbons (Fsp3) is 0.714. The Morgan fingerprint density at radius 3 is 2.37 bits per heavy atom. The number of nitrogens with two attached hydrogens (primary N) is 1. The molecule has 0 spiro atoms. The van der Waals surface area contributed by atoms with Gasteiger partial charge in [0.25, 0.3) is 0 Å². The molecule has 0 unspecified atom stereocenters. The zero-order valence-corrected chi connectivity index (χ0v) is 12.8. The number of nitrogens with one attached hydrogen (secondary N) is 1. The monoisotopic (exact) mass is 266 g/mol. The third-order valence-electron chi connectivity index (χ3n) is 3.62. The van der Waals surface area contributed by atoms with Crippen molar-refractivity contribution in [1.29, 1.82) is 0 Å². The number of hydrogen-bond acceptors (Lipinski definition) is 3. The van der Waals surface area contributed by atoms with Crippen LogP contribution < -0.4 is 11.1 Å². The van der Waals surface area contributed by atoms with Crippen LogP contribution in [0.4, 0.5) is 5.69 Å². The lowest BCUT2D eigenvalue weighted by Crippen LogP contribution is -2.40. The van der Waals surface area contributed by atoms with Crippen molar-refractivity contribution < 1.29 is 4.79 Å². The Balaban J connectivity index is 2.91. The number of carbonyl (C=O) groups is 1. The van der Waals surface area contributed by atoms with Crippen molar-refractivity contribution in [1.82, 2.24) is 9.78 Å². The number of rotatable bonds is 5. The largest absolute Gasteiger partial charge is 0.322 e. The second kappa shape index (κ2) is 6.19. The molecule has 2 atom stereocenters. The van der Waals surface area contributed by atoms with Crippen molar-refractivity contribution in [2.75, 3.05) is 5.32 Å². The second-order valence-corrected chi connectivity index (χ2v) is 5.48. The molecular formula is C14H26N4O. The van der Waals surface area contributed by atoms with Gasteiger partial charge in [-0.1, -0.05) is 20.3 Å². The Kier molecular flexibility index (Phi) is 5.11. The Morgan fingerprint density at radius 2 is 1.95 bits per heavy atom. The summed E-state index contributed by atoms with van der Waals surface area (Å²) in [5, 5.41) is 7.37. The summed E-state index contributed by atoms with van der Waals surface area (Å²) >= 11 is 0. The van der Waals surface area contributed by atoms with Gasteiger partial charge in [-0.25, -0.2) is 0 Å². The van der Waals surface area contributed by atoms with E-state index >= 15 is 0 Å². The van der Waals surface area contributed by atoms with Crippen LogP contribution in [-0.4, -0.2) is 21.7 Å². The highest BCUT2D eigenvalue weighted by molar-refractivity contribution is 5.95. The van der Waals surface area contributed by atoms with Crippen molar-refractivity contribution in [2.45, 2.75) is 60.0 Å². The smallest absolute Gasteiger partial charge is 0.241 e. The number of amides is 1. The molecule has 0 aliphatic heterocycles. The molecule has 1 aromatic rings. The number of aromatic nitrogens is 2. The summed E-state index contributed by atoms with van der Waals surface area (Å²) < 4.78 is 1.92. The molecule has 108 valence electrons. The van der Waals surface area contributed by atoms with Gasteiger partial charge < -0.3 is 11.1 Å². The molecule has 1 aromatic heterocycles. The van der Waals surface area contributed by atoms with E-state index in [1.807, 2.05) is 32.4 Å². The predicted octanol–water partition coefficient (Wildman–Crippen LogP) is 2.39. The van der Waals surface area contributed by atoms with Crippen molar-refractivity contribution in [3.8, 4) is 0 Å². The van der Waals surface area contributed by atoms with Crippen LogP contribution in [0.5, 0.6) is 0 Å². The Bertz CT molecular complexity index is 451. The summed E-state index contributed by atoms with van der Waals surface area (Å²) in [6, 6.07) is -0.209. The van der Waals surface area contributed by atoms with E-state index in [-0.39, 0.29) is 17.9 Å². The first-order valence-electron chi connectivity index (χ1n) is 6.91. The van der Waals surface area contributed by atoms with Crippen molar-refractivity contribution in [3.63, 3.8) is 0 Å². The SMILES string of the molecule is CC[C@H](C)[C@H](N)C(=O)Nc1c(C)nn(C(C)C)c1C. The van der Waals surface area contributed by atoms with Gasteiger partial charge in [-0.05, 0) is 33.6 Å². The summed E-state index contributed by atoms with van der Waals surface area (Å²) in [4.78, 5) is 12.1. The van der Waals surface area contributed by atoms with E-state index < -0.39 is 6.04 Å². The lowest BCUT2D eigenvalue weighted by atomic mass is 9.99. The van der Waals surface area contributed by atoms with E-state index in [1.165, 1.54) is 0 Å². The van der Waals surface area contributed by atoms with Gasteiger partial charge >= 0.3 is 0 Å². The molecule has 5 nitrogen and oxygen atoms in total. The second-order valence-electron chi connectivity index (χ2n) is 5.48. The number of hydrogen-bond donors (Lipinski definition) is 2. The third-order valence-corrected chi connectivity index (χ3v) is 3.62. The highest BCUT2D eigenvalue weighted by Gasteiger charge is 2.22. The highest BCUT2D eigenvalue weighted by atomic mass is 16.2. The molecule has 0 saturated carbocycles. The molecule has 0 aliphatic carbocycles. The Morgan fingerprint density at radius 1 is 1.37 bits per heavy atom. The molecule has 3 N–H and O–H groups in total. The molecule has 0 bridgehead atoms. The van der Waals surface area contributed by atoms with Gasteiger partial charge in [0.2, 0.25) is 5.91 Å². The summed E-state index contributed by atoms with van der Waals surface area (Å²) in [7, 11) is 0. The van der Waals surface area contributed by atoms with Gasteiger partial charge in [-0.3, -0.25) is 9.48 Å². The summed E-state index contributed by atoms with van der Waals surface area (Å²) in [5.41, 5.74) is 8.54. The average molecular weight is 266 g/mol. The van der Waals surface area contributed by atoms with Crippen molar-refractivity contribution in [2.24, 2.45) is 11.7 Å². The molecule has 19 heavy (non-hydrogen) atoms. The highest BCUT2D eigenvalue weighted by Crippen LogP contribution is 2.23. The van der Waals surface area contributed by atoms with Crippen LogP contribution in [0.2, 0.25) is 0 Å². The third kappa shape index (κ3) is 3.35. The van der Waals surface area contributed by atoms with E-state index in [4.69, 9.17) is 5.73 Å². The Hall–Kier alpha value is -1.36. The number of aryl methyl sites for hydroxylation is 1. The van der Waals surface area contributed by atoms with Crippen LogP contribution in [0, 0.1) is 19.8 Å². The zero-order chi connectivity index (χ0) is 14.7. The fourth-order valence-corrected chi connectivity index (χ4v) is 2.07. The standard InChI is InChI=1S/C14H26N4O/c1-7-9(4)12(15)14(19)16-13-10(5)17-18(8(2)3)11(13)6/h8-9,12H,7,15H2,1-6H3,(H,16,19)/t9-,12-/m0/s1. The molecule has 0 saturated heterocycles. The van der Waals surface area contributed by atoms with E-state index in [0.717, 1.165) is 23.5 Å². The molecule has 0 fully saturated rings. The predicted molar refractivity (Wildman–Crippen MR) is 78.1 cm³/mol. The summed E-state index contributed by atoms with van der Waals surface area (Å²) in [5.74, 6) is 0.0320. The maximum absolute atomic E-state index is 12.1. The molecule has 1 amide bonds. The summed E-state index contributed by atoms with van der Waals surface area (Å²) in [6.07, 6.45) is 0.887. The average Bonchev–Trinajstić information content (AvgIpc) is 2.64. The van der Waals surface area contributed by atoms with Crippen molar-refractivity contribution in [3.05, 3.63) is 11.4 Å². The molecule has 0 radical (unpaired) electrons. The van der Waals surface area contributed by atoms with Gasteiger partial charge in [0.15, 0.2) is 0 Å². The Labute approximate surface area is 115 Å². The van der Waals surface area contributed by atoms with Crippen LogP contribution in [0.1, 0.15) is 51.5 Å². The zero-order valence-electron chi connectivity index (χ0n) is 12.8. The van der Waals surface area contributed by atoms with Crippen molar-refractivity contribution >= 4 is 11.6 Å². The minimum atomic E-state index is -0.480. The molecule has 1 rings (SSSR count). The topological polar surface area (TPSA) is 72.9 Å². The van der Waals surface area contributed by atoms with Crippen LogP contribution >= 0.6 is 0 Å². The normalized spacial score (nSPS) is 14.5. The first kappa shape index (κ1) is 15.7. The first-order chi connectivity index (χ1) is 8.79.